The van der Waals surface area contributed by atoms with Gasteiger partial charge < -0.3 is 5.11 Å². The Balaban J connectivity index is 2.01. The van der Waals surface area contributed by atoms with E-state index in [9.17, 15) is 19.5 Å². The van der Waals surface area contributed by atoms with E-state index in [2.05, 4.69) is 11.9 Å². The Morgan fingerprint density at radius 2 is 1.96 bits per heavy atom. The molecule has 2 aliphatic heterocycles. The van der Waals surface area contributed by atoms with Gasteiger partial charge in [0.05, 0.1) is 11.8 Å². The maximum absolute atomic E-state index is 12.8. The largest absolute Gasteiger partial charge is 0.480 e. The zero-order chi connectivity index (χ0) is 17.4. The van der Waals surface area contributed by atoms with E-state index in [1.165, 1.54) is 4.90 Å². The van der Waals surface area contributed by atoms with Gasteiger partial charge >= 0.3 is 5.97 Å². The van der Waals surface area contributed by atoms with Crippen LogP contribution < -0.4 is 5.32 Å². The topological polar surface area (TPSA) is 86.7 Å². The molecule has 0 aromatic heterocycles. The molecule has 0 spiro atoms. The highest BCUT2D eigenvalue weighted by Gasteiger charge is 2.60. The fraction of sp³-hybridized carbons (Fsp3) is 0.389. The molecule has 3 rings (SSSR count). The second-order valence-corrected chi connectivity index (χ2v) is 6.27. The smallest absolute Gasteiger partial charge is 0.321 e. The maximum atomic E-state index is 12.8. The molecule has 0 bridgehead atoms. The van der Waals surface area contributed by atoms with Crippen LogP contribution in [0.15, 0.2) is 36.9 Å². The van der Waals surface area contributed by atoms with Crippen molar-refractivity contribution in [3.8, 4) is 0 Å². The van der Waals surface area contributed by atoms with Crippen LogP contribution in [0.1, 0.15) is 23.6 Å². The zero-order valence-electron chi connectivity index (χ0n) is 13.4. The molecule has 6 nitrogen and oxygen atoms in total. The molecule has 0 saturated carbocycles. The Bertz CT molecular complexity index is 715. The Kier molecular flexibility index (Phi) is 4.24. The van der Waals surface area contributed by atoms with Gasteiger partial charge in [0, 0.05) is 12.6 Å². The van der Waals surface area contributed by atoms with Crippen molar-refractivity contribution in [3.05, 3.63) is 48.0 Å². The summed E-state index contributed by atoms with van der Waals surface area (Å²) in [6.07, 6.45) is 2.14. The third kappa shape index (κ3) is 2.43. The van der Waals surface area contributed by atoms with Crippen molar-refractivity contribution in [2.24, 2.45) is 11.8 Å². The standard InChI is InChI=1S/C18H20N2O4/c1-3-4-9-20-16(21)12-13(17(20)22)15(18(23)24)19-14(12)11-8-6-5-7-10(11)2/h3,5-8,12-15,19H,1,4,9H2,2H3,(H,23,24). The molecule has 2 heterocycles. The van der Waals surface area contributed by atoms with Gasteiger partial charge in [0.15, 0.2) is 0 Å². The molecule has 1 aromatic rings. The number of imide groups is 1. The number of carbonyl (C=O) groups is 3. The van der Waals surface area contributed by atoms with E-state index in [1.54, 1.807) is 6.08 Å². The number of rotatable bonds is 5. The number of carbonyl (C=O) groups excluding carboxylic acids is 2. The molecule has 24 heavy (non-hydrogen) atoms. The van der Waals surface area contributed by atoms with Crippen LogP contribution in [-0.2, 0) is 14.4 Å². The van der Waals surface area contributed by atoms with Gasteiger partial charge in [-0.2, -0.15) is 0 Å². The van der Waals surface area contributed by atoms with E-state index in [0.717, 1.165) is 11.1 Å². The van der Waals surface area contributed by atoms with Crippen molar-refractivity contribution in [1.29, 1.82) is 0 Å². The predicted octanol–water partition coefficient (Wildman–Crippen LogP) is 1.27. The van der Waals surface area contributed by atoms with Crippen molar-refractivity contribution < 1.29 is 19.5 Å². The molecule has 0 aliphatic carbocycles. The summed E-state index contributed by atoms with van der Waals surface area (Å²) >= 11 is 0. The molecule has 4 atom stereocenters. The van der Waals surface area contributed by atoms with Crippen molar-refractivity contribution >= 4 is 17.8 Å². The second kappa shape index (κ2) is 6.20. The fourth-order valence-electron chi connectivity index (χ4n) is 3.76. The van der Waals surface area contributed by atoms with E-state index in [1.807, 2.05) is 31.2 Å². The Hall–Kier alpha value is -2.47. The number of aliphatic carboxylic acids is 1. The first-order chi connectivity index (χ1) is 11.5. The van der Waals surface area contributed by atoms with E-state index in [-0.39, 0.29) is 12.5 Å². The van der Waals surface area contributed by atoms with Crippen LogP contribution in [0.25, 0.3) is 0 Å². The summed E-state index contributed by atoms with van der Waals surface area (Å²) in [5.74, 6) is -3.33. The summed E-state index contributed by atoms with van der Waals surface area (Å²) in [6, 6.07) is 6.00. The third-order valence-electron chi connectivity index (χ3n) is 4.91. The van der Waals surface area contributed by atoms with Crippen molar-refractivity contribution in [1.82, 2.24) is 10.2 Å². The van der Waals surface area contributed by atoms with E-state index < -0.39 is 35.8 Å². The number of fused-ring (bicyclic) bond motifs is 1. The molecule has 2 aliphatic rings. The summed E-state index contributed by atoms with van der Waals surface area (Å²) in [4.78, 5) is 38.3. The fourth-order valence-corrected chi connectivity index (χ4v) is 3.76. The van der Waals surface area contributed by atoms with Gasteiger partial charge in [-0.1, -0.05) is 30.3 Å². The van der Waals surface area contributed by atoms with Crippen LogP contribution in [0.4, 0.5) is 0 Å². The van der Waals surface area contributed by atoms with Gasteiger partial charge in [-0.3, -0.25) is 24.6 Å². The minimum Gasteiger partial charge on any atom is -0.480 e. The quantitative estimate of drug-likeness (QED) is 0.628. The molecule has 2 N–H and O–H groups in total. The lowest BCUT2D eigenvalue weighted by molar-refractivity contribution is -0.146. The lowest BCUT2D eigenvalue weighted by Crippen LogP contribution is -2.43. The molecule has 6 heteroatoms. The van der Waals surface area contributed by atoms with Crippen LogP contribution >= 0.6 is 0 Å². The molecule has 4 unspecified atom stereocenters. The summed E-state index contributed by atoms with van der Waals surface area (Å²) in [6.45, 7) is 5.77. The highest BCUT2D eigenvalue weighted by atomic mass is 16.4. The van der Waals surface area contributed by atoms with E-state index in [4.69, 9.17) is 0 Å². The number of aryl methyl sites for hydroxylation is 1. The van der Waals surface area contributed by atoms with Crippen LogP contribution in [0.5, 0.6) is 0 Å². The van der Waals surface area contributed by atoms with Gasteiger partial charge in [-0.05, 0) is 24.5 Å². The van der Waals surface area contributed by atoms with Gasteiger partial charge in [-0.15, -0.1) is 6.58 Å². The first kappa shape index (κ1) is 16.4. The average molecular weight is 328 g/mol. The van der Waals surface area contributed by atoms with E-state index in [0.29, 0.717) is 6.42 Å². The monoisotopic (exact) mass is 328 g/mol. The van der Waals surface area contributed by atoms with Gasteiger partial charge in [0.25, 0.3) is 0 Å². The molecule has 0 radical (unpaired) electrons. The number of carboxylic acid groups (broad SMARTS) is 1. The normalized spacial score (nSPS) is 29.0. The first-order valence-corrected chi connectivity index (χ1v) is 7.98. The molecular weight excluding hydrogens is 308 g/mol. The zero-order valence-corrected chi connectivity index (χ0v) is 13.4. The molecule has 2 amide bonds. The maximum Gasteiger partial charge on any atom is 0.321 e. The minimum atomic E-state index is -1.10. The molecular formula is C18H20N2O4. The van der Waals surface area contributed by atoms with Crippen LogP contribution in [0.3, 0.4) is 0 Å². The Morgan fingerprint density at radius 1 is 1.29 bits per heavy atom. The van der Waals surface area contributed by atoms with Crippen molar-refractivity contribution in [2.45, 2.75) is 25.4 Å². The SMILES string of the molecule is C=CCCN1C(=O)C2C(C(=O)O)NC(c3ccccc3C)C2C1=O. The highest BCUT2D eigenvalue weighted by Crippen LogP contribution is 2.44. The summed E-state index contributed by atoms with van der Waals surface area (Å²) < 4.78 is 0. The molecule has 126 valence electrons. The average Bonchev–Trinajstić information content (AvgIpc) is 3.05. The lowest BCUT2D eigenvalue weighted by Gasteiger charge is -2.22. The number of nitrogens with one attached hydrogen (secondary N) is 1. The van der Waals surface area contributed by atoms with Gasteiger partial charge in [0.1, 0.15) is 6.04 Å². The number of amides is 2. The summed E-state index contributed by atoms with van der Waals surface area (Å²) in [5, 5.41) is 12.5. The van der Waals surface area contributed by atoms with Crippen molar-refractivity contribution in [3.63, 3.8) is 0 Å². The Labute approximate surface area is 140 Å². The molecule has 1 aromatic carbocycles. The number of nitrogens with zero attached hydrogens (tertiary/aromatic N) is 1. The third-order valence-corrected chi connectivity index (χ3v) is 4.91. The van der Waals surface area contributed by atoms with Crippen molar-refractivity contribution in [2.75, 3.05) is 6.54 Å². The summed E-state index contributed by atoms with van der Waals surface area (Å²) in [7, 11) is 0. The van der Waals surface area contributed by atoms with Crippen LogP contribution in [-0.4, -0.2) is 40.4 Å². The number of benzene rings is 1. The summed E-state index contributed by atoms with van der Waals surface area (Å²) in [5.41, 5.74) is 1.83. The highest BCUT2D eigenvalue weighted by molar-refractivity contribution is 6.08. The Morgan fingerprint density at radius 3 is 2.58 bits per heavy atom. The number of carboxylic acids is 1. The van der Waals surface area contributed by atoms with E-state index >= 15 is 0 Å². The number of hydrogen-bond donors (Lipinski definition) is 2. The lowest BCUT2D eigenvalue weighted by atomic mass is 9.85. The van der Waals surface area contributed by atoms with Crippen LogP contribution in [0.2, 0.25) is 0 Å². The number of hydrogen-bond acceptors (Lipinski definition) is 4. The predicted molar refractivity (Wildman–Crippen MR) is 87.0 cm³/mol. The minimum absolute atomic E-state index is 0.251. The molecule has 2 fully saturated rings. The molecule has 2 saturated heterocycles. The van der Waals surface area contributed by atoms with Gasteiger partial charge in [-0.25, -0.2) is 0 Å². The first-order valence-electron chi connectivity index (χ1n) is 7.98. The number of likely N-dealkylation sites (tertiary alicyclic amines) is 1. The van der Waals surface area contributed by atoms with Gasteiger partial charge in [0.2, 0.25) is 11.8 Å². The second-order valence-electron chi connectivity index (χ2n) is 6.27. The van der Waals surface area contributed by atoms with Crippen LogP contribution in [0, 0.1) is 18.8 Å².